The molecule has 162 valence electrons. The molecule has 32 heavy (non-hydrogen) atoms. The molecule has 6 nitrogen and oxygen atoms in total. The molecule has 3 rings (SSSR count). The number of oxime groups is 1. The molecule has 3 aromatic rings. The van der Waals surface area contributed by atoms with Crippen LogP contribution >= 0.6 is 11.8 Å². The fraction of sp³-hybridized carbons (Fsp3) is 0.120. The minimum absolute atomic E-state index is 0.0296. The van der Waals surface area contributed by atoms with Gasteiger partial charge in [-0.3, -0.25) is 14.9 Å². The van der Waals surface area contributed by atoms with Gasteiger partial charge in [-0.15, -0.1) is 0 Å². The van der Waals surface area contributed by atoms with E-state index in [0.29, 0.717) is 11.3 Å². The lowest BCUT2D eigenvalue weighted by atomic mass is 10.1. The first-order valence-corrected chi connectivity index (χ1v) is 10.8. The highest BCUT2D eigenvalue weighted by molar-refractivity contribution is 7.99. The summed E-state index contributed by atoms with van der Waals surface area (Å²) >= 11 is 1.62. The molecule has 0 aliphatic heterocycles. The molecule has 0 spiro atoms. The van der Waals surface area contributed by atoms with Crippen molar-refractivity contribution in [2.24, 2.45) is 5.16 Å². The van der Waals surface area contributed by atoms with E-state index in [0.717, 1.165) is 15.4 Å². The second-order valence-corrected chi connectivity index (χ2v) is 7.97. The Kier molecular flexibility index (Phi) is 8.34. The summed E-state index contributed by atoms with van der Waals surface area (Å²) in [4.78, 5) is 42.6. The molecule has 0 bridgehead atoms. The number of hydrogen-bond acceptors (Lipinski definition) is 6. The lowest BCUT2D eigenvalue weighted by Crippen LogP contribution is -2.28. The Morgan fingerprint density at radius 1 is 0.781 bits per heavy atom. The van der Waals surface area contributed by atoms with Crippen molar-refractivity contribution in [3.05, 3.63) is 96.1 Å². The highest BCUT2D eigenvalue weighted by Gasteiger charge is 2.12. The molecule has 0 fully saturated rings. The van der Waals surface area contributed by atoms with Crippen molar-refractivity contribution in [1.29, 1.82) is 0 Å². The van der Waals surface area contributed by atoms with Crippen molar-refractivity contribution in [2.75, 3.05) is 0 Å². The zero-order valence-electron chi connectivity index (χ0n) is 17.5. The molecule has 3 aromatic carbocycles. The van der Waals surface area contributed by atoms with E-state index < -0.39 is 17.8 Å². The Balaban J connectivity index is 1.75. The van der Waals surface area contributed by atoms with E-state index in [4.69, 9.17) is 4.84 Å². The van der Waals surface area contributed by atoms with Crippen LogP contribution in [0.15, 0.2) is 99.9 Å². The molecule has 1 N–H and O–H groups in total. The van der Waals surface area contributed by atoms with Crippen molar-refractivity contribution in [3.8, 4) is 0 Å². The topological polar surface area (TPSA) is 84.8 Å². The van der Waals surface area contributed by atoms with Gasteiger partial charge in [0.1, 0.15) is 0 Å². The van der Waals surface area contributed by atoms with Crippen LogP contribution in [0.25, 0.3) is 0 Å². The lowest BCUT2D eigenvalue weighted by Gasteiger charge is -2.08. The number of carbonyl (C=O) groups is 3. The zero-order chi connectivity index (χ0) is 22.8. The van der Waals surface area contributed by atoms with Crippen molar-refractivity contribution in [2.45, 2.75) is 29.6 Å². The molecule has 2 amide bonds. The Labute approximate surface area is 190 Å². The highest BCUT2D eigenvalue weighted by Crippen LogP contribution is 2.27. The fourth-order valence-electron chi connectivity index (χ4n) is 2.80. The van der Waals surface area contributed by atoms with Crippen LogP contribution in [-0.2, 0) is 14.4 Å². The average Bonchev–Trinajstić information content (AvgIpc) is 2.80. The maximum absolute atomic E-state index is 12.3. The Hall–Kier alpha value is -3.71. The van der Waals surface area contributed by atoms with Gasteiger partial charge >= 0.3 is 5.97 Å². The van der Waals surface area contributed by atoms with Gasteiger partial charge in [0.15, 0.2) is 0 Å². The van der Waals surface area contributed by atoms with Gasteiger partial charge in [0, 0.05) is 29.6 Å². The molecule has 0 saturated heterocycles. The SMILES string of the molecule is CC(=O)NC(=O)CCC(=NOC(=O)c1ccccc1)c1ccc(Sc2ccccc2)cc1. The van der Waals surface area contributed by atoms with Gasteiger partial charge in [0.05, 0.1) is 11.3 Å². The molecule has 0 atom stereocenters. The van der Waals surface area contributed by atoms with Gasteiger partial charge in [-0.05, 0) is 42.0 Å². The molecule has 0 heterocycles. The third kappa shape index (κ3) is 7.21. The minimum atomic E-state index is -0.590. The van der Waals surface area contributed by atoms with E-state index in [1.807, 2.05) is 54.6 Å². The normalized spacial score (nSPS) is 11.0. The predicted molar refractivity (Wildman–Crippen MR) is 123 cm³/mol. The maximum Gasteiger partial charge on any atom is 0.365 e. The van der Waals surface area contributed by atoms with Gasteiger partial charge < -0.3 is 4.84 Å². The number of nitrogens with zero attached hydrogens (tertiary/aromatic N) is 1. The number of nitrogens with one attached hydrogen (secondary N) is 1. The monoisotopic (exact) mass is 446 g/mol. The number of rotatable bonds is 8. The van der Waals surface area contributed by atoms with Crippen LogP contribution in [0.4, 0.5) is 0 Å². The van der Waals surface area contributed by atoms with E-state index >= 15 is 0 Å². The van der Waals surface area contributed by atoms with Gasteiger partial charge in [0.2, 0.25) is 11.8 Å². The fourth-order valence-corrected chi connectivity index (χ4v) is 3.63. The van der Waals surface area contributed by atoms with E-state index in [2.05, 4.69) is 10.5 Å². The molecule has 0 radical (unpaired) electrons. The van der Waals surface area contributed by atoms with Crippen molar-refractivity contribution < 1.29 is 19.2 Å². The lowest BCUT2D eigenvalue weighted by molar-refractivity contribution is -0.129. The van der Waals surface area contributed by atoms with Gasteiger partial charge in [0.25, 0.3) is 0 Å². The van der Waals surface area contributed by atoms with E-state index in [1.54, 1.807) is 42.1 Å². The smallest absolute Gasteiger partial charge is 0.313 e. The largest absolute Gasteiger partial charge is 0.365 e. The third-order valence-electron chi connectivity index (χ3n) is 4.32. The third-order valence-corrected chi connectivity index (χ3v) is 5.33. The van der Waals surface area contributed by atoms with Crippen molar-refractivity contribution in [3.63, 3.8) is 0 Å². The summed E-state index contributed by atoms with van der Waals surface area (Å²) in [6.07, 6.45) is 0.230. The minimum Gasteiger partial charge on any atom is -0.313 e. The molecule has 0 aliphatic carbocycles. The first-order valence-electron chi connectivity index (χ1n) is 9.98. The van der Waals surface area contributed by atoms with Crippen LogP contribution in [-0.4, -0.2) is 23.5 Å². The number of amides is 2. The first-order chi connectivity index (χ1) is 15.5. The Morgan fingerprint density at radius 3 is 2.00 bits per heavy atom. The average molecular weight is 447 g/mol. The number of hydrogen-bond donors (Lipinski definition) is 1. The van der Waals surface area contributed by atoms with Crippen LogP contribution < -0.4 is 5.32 Å². The van der Waals surface area contributed by atoms with E-state index in [1.165, 1.54) is 6.92 Å². The quantitative estimate of drug-likeness (QED) is 0.304. The summed E-state index contributed by atoms with van der Waals surface area (Å²) in [5.41, 5.74) is 1.53. The summed E-state index contributed by atoms with van der Waals surface area (Å²) in [6.45, 7) is 1.28. The van der Waals surface area contributed by atoms with Crippen molar-refractivity contribution in [1.82, 2.24) is 5.32 Å². The number of imide groups is 1. The summed E-state index contributed by atoms with van der Waals surface area (Å²) in [5.74, 6) is -1.44. The van der Waals surface area contributed by atoms with Gasteiger partial charge in [-0.25, -0.2) is 4.79 Å². The summed E-state index contributed by atoms with van der Waals surface area (Å²) < 4.78 is 0. The summed E-state index contributed by atoms with van der Waals surface area (Å²) in [7, 11) is 0. The van der Waals surface area contributed by atoms with Crippen LogP contribution in [0, 0.1) is 0 Å². The molecule has 0 saturated carbocycles. The van der Waals surface area contributed by atoms with Crippen LogP contribution in [0.3, 0.4) is 0 Å². The van der Waals surface area contributed by atoms with Crippen LogP contribution in [0.2, 0.25) is 0 Å². The maximum atomic E-state index is 12.3. The molecular weight excluding hydrogens is 424 g/mol. The van der Waals surface area contributed by atoms with Crippen LogP contribution in [0.5, 0.6) is 0 Å². The summed E-state index contributed by atoms with van der Waals surface area (Å²) in [5, 5.41) is 6.26. The predicted octanol–water partition coefficient (Wildman–Crippen LogP) is 4.84. The van der Waals surface area contributed by atoms with Gasteiger partial charge in [-0.1, -0.05) is 65.4 Å². The number of benzene rings is 3. The first kappa shape index (κ1) is 23.0. The molecule has 0 aromatic heterocycles. The molecular formula is C25H22N2O4S. The Bertz CT molecular complexity index is 1100. The zero-order valence-corrected chi connectivity index (χ0v) is 18.3. The second-order valence-electron chi connectivity index (χ2n) is 6.83. The highest BCUT2D eigenvalue weighted by atomic mass is 32.2. The second kappa shape index (κ2) is 11.6. The van der Waals surface area contributed by atoms with E-state index in [9.17, 15) is 14.4 Å². The van der Waals surface area contributed by atoms with Crippen LogP contribution in [0.1, 0.15) is 35.7 Å². The summed E-state index contributed by atoms with van der Waals surface area (Å²) in [6, 6.07) is 26.1. The Morgan fingerprint density at radius 2 is 1.38 bits per heavy atom. The number of carbonyl (C=O) groups excluding carboxylic acids is 3. The molecule has 0 unspecified atom stereocenters. The molecule has 7 heteroatoms. The van der Waals surface area contributed by atoms with E-state index in [-0.39, 0.29) is 12.8 Å². The standard InChI is InChI=1S/C25H22N2O4S/c1-18(28)26-24(29)17-16-23(27-31-25(30)20-8-4-2-5-9-20)19-12-14-22(15-13-19)32-21-10-6-3-7-11-21/h2-15H,16-17H2,1H3,(H,26,28,29). The van der Waals surface area contributed by atoms with Crippen molar-refractivity contribution >= 4 is 35.3 Å². The molecule has 0 aliphatic rings. The van der Waals surface area contributed by atoms with Gasteiger partial charge in [-0.2, -0.15) is 0 Å².